The zero-order chi connectivity index (χ0) is 22.4. The first-order valence-electron chi connectivity index (χ1n) is 11.8. The van der Waals surface area contributed by atoms with Crippen molar-refractivity contribution in [2.75, 3.05) is 26.2 Å². The molecule has 0 spiro atoms. The fraction of sp³-hybridized carbons (Fsp3) is 0.600. The number of hydrogen-bond donors (Lipinski definition) is 2. The monoisotopic (exact) mass is 442 g/mol. The Balaban J connectivity index is 1.82. The molecule has 0 saturated heterocycles. The Hall–Kier alpha value is -1.92. The maximum absolute atomic E-state index is 12.9. The van der Waals surface area contributed by atoms with Gasteiger partial charge in [0.1, 0.15) is 0 Å². The third-order valence-electron chi connectivity index (χ3n) is 6.70. The van der Waals surface area contributed by atoms with Crippen LogP contribution >= 0.6 is 12.2 Å². The topological polar surface area (TPSA) is 51.4 Å². The van der Waals surface area contributed by atoms with Gasteiger partial charge in [-0.25, -0.2) is 0 Å². The van der Waals surface area contributed by atoms with E-state index in [1.165, 1.54) is 43.2 Å². The Labute approximate surface area is 192 Å². The molecule has 0 atom stereocenters. The van der Waals surface area contributed by atoms with Gasteiger partial charge in [0, 0.05) is 30.2 Å². The van der Waals surface area contributed by atoms with Crippen LogP contribution in [0.5, 0.6) is 0 Å². The summed E-state index contributed by atoms with van der Waals surface area (Å²) in [6.45, 7) is 12.9. The first-order chi connectivity index (χ1) is 14.9. The van der Waals surface area contributed by atoms with Crippen molar-refractivity contribution in [2.24, 2.45) is 0 Å². The molecule has 31 heavy (non-hydrogen) atoms. The quantitative estimate of drug-likeness (QED) is 0.590. The summed E-state index contributed by atoms with van der Waals surface area (Å²) in [7, 11) is 0. The van der Waals surface area contributed by atoms with Crippen molar-refractivity contribution in [1.29, 1.82) is 0 Å². The van der Waals surface area contributed by atoms with Crippen LogP contribution in [0.15, 0.2) is 23.0 Å². The second-order valence-corrected chi connectivity index (χ2v) is 9.27. The molecule has 5 nitrogen and oxygen atoms in total. The van der Waals surface area contributed by atoms with Crippen LogP contribution in [0, 0.1) is 13.8 Å². The molecule has 0 aliphatic heterocycles. The Morgan fingerprint density at radius 3 is 2.42 bits per heavy atom. The molecule has 1 heterocycles. The lowest BCUT2D eigenvalue weighted by Gasteiger charge is -2.32. The summed E-state index contributed by atoms with van der Waals surface area (Å²) < 4.78 is 0. The van der Waals surface area contributed by atoms with Gasteiger partial charge in [-0.1, -0.05) is 33.1 Å². The lowest BCUT2D eigenvalue weighted by molar-refractivity contribution is 0.261. The third-order valence-corrected chi connectivity index (χ3v) is 7.07. The largest absolute Gasteiger partial charge is 0.360 e. The average molecular weight is 443 g/mol. The van der Waals surface area contributed by atoms with Crippen LogP contribution in [-0.4, -0.2) is 52.1 Å². The van der Waals surface area contributed by atoms with Crippen molar-refractivity contribution >= 4 is 28.2 Å². The van der Waals surface area contributed by atoms with E-state index in [9.17, 15) is 4.79 Å². The first-order valence-corrected chi connectivity index (χ1v) is 12.2. The number of fused-ring (bicyclic) bond motifs is 1. The summed E-state index contributed by atoms with van der Waals surface area (Å²) in [5, 5.41) is 5.45. The lowest BCUT2D eigenvalue weighted by Crippen LogP contribution is -2.47. The van der Waals surface area contributed by atoms with Gasteiger partial charge in [0.25, 0.3) is 5.56 Å². The highest BCUT2D eigenvalue weighted by Crippen LogP contribution is 2.19. The van der Waals surface area contributed by atoms with Gasteiger partial charge in [0.05, 0.1) is 6.54 Å². The van der Waals surface area contributed by atoms with Gasteiger partial charge in [0.15, 0.2) is 5.11 Å². The number of nitrogens with zero attached hydrogens (tertiary/aromatic N) is 2. The molecule has 170 valence electrons. The van der Waals surface area contributed by atoms with Crippen LogP contribution in [-0.2, 0) is 6.54 Å². The van der Waals surface area contributed by atoms with E-state index < -0.39 is 0 Å². The molecular weight excluding hydrogens is 404 g/mol. The smallest absolute Gasteiger partial charge is 0.253 e. The zero-order valence-corrected chi connectivity index (χ0v) is 20.4. The van der Waals surface area contributed by atoms with Crippen molar-refractivity contribution in [2.45, 2.75) is 72.4 Å². The number of pyridine rings is 1. The summed E-state index contributed by atoms with van der Waals surface area (Å²) in [6, 6.07) is 6.71. The SMILES string of the molecule is CCN(CC)CCN(Cc1cc2cc(C)c(C)cc2[nH]c1=O)C(=S)NC1CCCCC1. The van der Waals surface area contributed by atoms with Gasteiger partial charge in [0.2, 0.25) is 0 Å². The van der Waals surface area contributed by atoms with Crippen molar-refractivity contribution < 1.29 is 0 Å². The molecule has 1 aliphatic rings. The molecule has 1 aromatic carbocycles. The number of thiocarbonyl (C=S) groups is 1. The Morgan fingerprint density at radius 1 is 1.06 bits per heavy atom. The van der Waals surface area contributed by atoms with E-state index in [2.05, 4.69) is 59.9 Å². The number of likely N-dealkylation sites (N-methyl/N-ethyl adjacent to an activating group) is 1. The standard InChI is InChI=1S/C25H38N4OS/c1-5-28(6-2)12-13-29(25(31)26-22-10-8-7-9-11-22)17-21-16-20-14-18(3)19(4)15-23(20)27-24(21)30/h14-16,22H,5-13,17H2,1-4H3,(H,26,31)(H,27,30). The Kier molecular flexibility index (Phi) is 8.50. The first kappa shape index (κ1) is 23.7. The number of nitrogens with one attached hydrogen (secondary N) is 2. The summed E-state index contributed by atoms with van der Waals surface area (Å²) >= 11 is 5.84. The number of aromatic nitrogens is 1. The number of benzene rings is 1. The molecule has 2 N–H and O–H groups in total. The van der Waals surface area contributed by atoms with E-state index in [0.29, 0.717) is 12.6 Å². The highest BCUT2D eigenvalue weighted by atomic mass is 32.1. The molecule has 0 radical (unpaired) electrons. The zero-order valence-electron chi connectivity index (χ0n) is 19.6. The molecule has 1 saturated carbocycles. The highest BCUT2D eigenvalue weighted by molar-refractivity contribution is 7.80. The number of aromatic amines is 1. The van der Waals surface area contributed by atoms with Crippen LogP contribution in [0.1, 0.15) is 62.6 Å². The maximum atomic E-state index is 12.9. The third kappa shape index (κ3) is 6.30. The minimum atomic E-state index is -0.0240. The molecular formula is C25H38N4OS. The Bertz CT molecular complexity index is 944. The van der Waals surface area contributed by atoms with Crippen LogP contribution < -0.4 is 10.9 Å². The molecule has 1 fully saturated rings. The van der Waals surface area contributed by atoms with Gasteiger partial charge in [-0.15, -0.1) is 0 Å². The van der Waals surface area contributed by atoms with Gasteiger partial charge < -0.3 is 20.1 Å². The van der Waals surface area contributed by atoms with E-state index in [-0.39, 0.29) is 5.56 Å². The minimum Gasteiger partial charge on any atom is -0.360 e. The van der Waals surface area contributed by atoms with Crippen LogP contribution in [0.2, 0.25) is 0 Å². The van der Waals surface area contributed by atoms with Crippen LogP contribution in [0.4, 0.5) is 0 Å². The Morgan fingerprint density at radius 2 is 1.74 bits per heavy atom. The summed E-state index contributed by atoms with van der Waals surface area (Å²) in [6.07, 6.45) is 6.21. The minimum absolute atomic E-state index is 0.0240. The second-order valence-electron chi connectivity index (χ2n) is 8.88. The van der Waals surface area contributed by atoms with E-state index in [1.54, 1.807) is 0 Å². The summed E-state index contributed by atoms with van der Waals surface area (Å²) in [5.41, 5.74) is 4.06. The van der Waals surface area contributed by atoms with Gasteiger partial charge in [-0.05, 0) is 86.7 Å². The molecule has 1 aromatic heterocycles. The van der Waals surface area contributed by atoms with E-state index in [1.807, 2.05) is 6.07 Å². The van der Waals surface area contributed by atoms with E-state index in [0.717, 1.165) is 47.8 Å². The number of hydrogen-bond acceptors (Lipinski definition) is 3. The van der Waals surface area contributed by atoms with E-state index >= 15 is 0 Å². The number of H-pyrrole nitrogens is 1. The molecule has 0 amide bonds. The van der Waals surface area contributed by atoms with Gasteiger partial charge >= 0.3 is 0 Å². The molecule has 2 aromatic rings. The van der Waals surface area contributed by atoms with Gasteiger partial charge in [-0.3, -0.25) is 4.79 Å². The highest BCUT2D eigenvalue weighted by Gasteiger charge is 2.19. The van der Waals surface area contributed by atoms with Crippen molar-refractivity contribution in [1.82, 2.24) is 20.1 Å². The fourth-order valence-electron chi connectivity index (χ4n) is 4.41. The molecule has 1 aliphatic carbocycles. The summed E-state index contributed by atoms with van der Waals surface area (Å²) in [5.74, 6) is 0. The number of rotatable bonds is 8. The summed E-state index contributed by atoms with van der Waals surface area (Å²) in [4.78, 5) is 20.5. The molecule has 0 unspecified atom stereocenters. The predicted molar refractivity (Wildman–Crippen MR) is 135 cm³/mol. The second kappa shape index (κ2) is 11.1. The van der Waals surface area contributed by atoms with Crippen molar-refractivity contribution in [3.8, 4) is 0 Å². The van der Waals surface area contributed by atoms with Crippen molar-refractivity contribution in [3.05, 3.63) is 45.2 Å². The van der Waals surface area contributed by atoms with E-state index in [4.69, 9.17) is 12.2 Å². The fourth-order valence-corrected chi connectivity index (χ4v) is 4.73. The van der Waals surface area contributed by atoms with Crippen molar-refractivity contribution in [3.63, 3.8) is 0 Å². The number of aryl methyl sites for hydroxylation is 2. The molecule has 3 rings (SSSR count). The normalized spacial score (nSPS) is 14.9. The average Bonchev–Trinajstić information content (AvgIpc) is 2.76. The molecule has 6 heteroatoms. The predicted octanol–water partition coefficient (Wildman–Crippen LogP) is 4.50. The van der Waals surface area contributed by atoms with Gasteiger partial charge in [-0.2, -0.15) is 0 Å². The van der Waals surface area contributed by atoms with Crippen LogP contribution in [0.3, 0.4) is 0 Å². The molecule has 0 bridgehead atoms. The maximum Gasteiger partial charge on any atom is 0.253 e. The lowest BCUT2D eigenvalue weighted by atomic mass is 9.96. The van der Waals surface area contributed by atoms with Crippen LogP contribution in [0.25, 0.3) is 10.9 Å².